The van der Waals surface area contributed by atoms with Crippen LogP contribution in [0.25, 0.3) is 11.0 Å². The van der Waals surface area contributed by atoms with Crippen molar-refractivity contribution in [2.75, 3.05) is 11.9 Å². The van der Waals surface area contributed by atoms with Crippen molar-refractivity contribution >= 4 is 22.9 Å². The van der Waals surface area contributed by atoms with Crippen molar-refractivity contribution in [3.63, 3.8) is 0 Å². The van der Waals surface area contributed by atoms with Crippen molar-refractivity contribution in [3.8, 4) is 5.75 Å². The maximum atomic E-state index is 12.5. The Morgan fingerprint density at radius 1 is 1.12 bits per heavy atom. The van der Waals surface area contributed by atoms with E-state index in [-0.39, 0.29) is 5.91 Å². The Labute approximate surface area is 141 Å². The van der Waals surface area contributed by atoms with E-state index in [0.717, 1.165) is 29.7 Å². The van der Waals surface area contributed by atoms with Gasteiger partial charge in [-0.2, -0.15) is 0 Å². The summed E-state index contributed by atoms with van der Waals surface area (Å²) in [7, 11) is 0. The molecule has 0 spiro atoms. The summed E-state index contributed by atoms with van der Waals surface area (Å²) < 4.78 is 7.45. The summed E-state index contributed by atoms with van der Waals surface area (Å²) in [4.78, 5) is 17.1. The van der Waals surface area contributed by atoms with Gasteiger partial charge < -0.3 is 9.30 Å². The van der Waals surface area contributed by atoms with E-state index in [1.807, 2.05) is 35.8 Å². The molecule has 0 fully saturated rings. The van der Waals surface area contributed by atoms with Crippen LogP contribution < -0.4 is 10.1 Å². The van der Waals surface area contributed by atoms with Crippen LogP contribution in [0.4, 0.5) is 5.95 Å². The smallest absolute Gasteiger partial charge is 0.257 e. The van der Waals surface area contributed by atoms with Gasteiger partial charge in [-0.25, -0.2) is 4.98 Å². The Morgan fingerprint density at radius 3 is 2.58 bits per heavy atom. The zero-order valence-electron chi connectivity index (χ0n) is 14.0. The fraction of sp³-hybridized carbons (Fsp3) is 0.263. The summed E-state index contributed by atoms with van der Waals surface area (Å²) >= 11 is 0. The Bertz CT molecular complexity index is 837. The first-order chi connectivity index (χ1) is 11.7. The molecule has 1 heterocycles. The molecule has 5 heteroatoms. The normalized spacial score (nSPS) is 10.8. The van der Waals surface area contributed by atoms with Gasteiger partial charge in [-0.1, -0.05) is 19.1 Å². The van der Waals surface area contributed by atoms with Crippen LogP contribution in [0.3, 0.4) is 0 Å². The first kappa shape index (κ1) is 16.1. The van der Waals surface area contributed by atoms with Crippen LogP contribution in [-0.2, 0) is 6.54 Å². The molecule has 0 aliphatic carbocycles. The SMILES string of the molecule is CCCn1c(NC(=O)c2ccc(OCC)cc2)nc2ccccc21. The van der Waals surface area contributed by atoms with Gasteiger partial charge in [0.25, 0.3) is 5.91 Å². The third-order valence-corrected chi connectivity index (χ3v) is 3.75. The van der Waals surface area contributed by atoms with Crippen LogP contribution in [-0.4, -0.2) is 22.1 Å². The molecule has 3 aromatic rings. The average Bonchev–Trinajstić information content (AvgIpc) is 2.94. The standard InChI is InChI=1S/C19H21N3O2/c1-3-13-22-17-8-6-5-7-16(17)20-19(22)21-18(23)14-9-11-15(12-10-14)24-4-2/h5-12H,3-4,13H2,1-2H3,(H,20,21,23). The number of imidazole rings is 1. The quantitative estimate of drug-likeness (QED) is 0.743. The lowest BCUT2D eigenvalue weighted by molar-refractivity contribution is 0.102. The second kappa shape index (κ2) is 7.17. The highest BCUT2D eigenvalue weighted by Gasteiger charge is 2.13. The predicted octanol–water partition coefficient (Wildman–Crippen LogP) is 4.10. The zero-order valence-corrected chi connectivity index (χ0v) is 14.0. The number of para-hydroxylation sites is 2. The first-order valence-electron chi connectivity index (χ1n) is 8.22. The molecule has 0 bridgehead atoms. The number of aromatic nitrogens is 2. The third-order valence-electron chi connectivity index (χ3n) is 3.75. The number of fused-ring (bicyclic) bond motifs is 1. The Morgan fingerprint density at radius 2 is 1.88 bits per heavy atom. The molecule has 1 N–H and O–H groups in total. The van der Waals surface area contributed by atoms with E-state index in [2.05, 4.69) is 17.2 Å². The number of nitrogens with one attached hydrogen (secondary N) is 1. The van der Waals surface area contributed by atoms with Crippen LogP contribution in [0.2, 0.25) is 0 Å². The molecule has 124 valence electrons. The van der Waals surface area contributed by atoms with Crippen molar-refractivity contribution in [1.82, 2.24) is 9.55 Å². The molecular formula is C19H21N3O2. The summed E-state index contributed by atoms with van der Waals surface area (Å²) in [5.41, 5.74) is 2.49. The molecule has 0 aliphatic rings. The van der Waals surface area contributed by atoms with E-state index in [1.165, 1.54) is 0 Å². The van der Waals surface area contributed by atoms with Gasteiger partial charge in [-0.15, -0.1) is 0 Å². The lowest BCUT2D eigenvalue weighted by Gasteiger charge is -2.09. The Hall–Kier alpha value is -2.82. The molecule has 24 heavy (non-hydrogen) atoms. The maximum Gasteiger partial charge on any atom is 0.257 e. The van der Waals surface area contributed by atoms with Crippen LogP contribution in [0.5, 0.6) is 5.75 Å². The van der Waals surface area contributed by atoms with Crippen LogP contribution >= 0.6 is 0 Å². The van der Waals surface area contributed by atoms with E-state index in [9.17, 15) is 4.79 Å². The number of hydrogen-bond donors (Lipinski definition) is 1. The van der Waals surface area contributed by atoms with Gasteiger partial charge in [0.15, 0.2) is 0 Å². The second-order valence-corrected chi connectivity index (χ2v) is 5.49. The minimum atomic E-state index is -0.175. The lowest BCUT2D eigenvalue weighted by Crippen LogP contribution is -2.16. The molecule has 2 aromatic carbocycles. The lowest BCUT2D eigenvalue weighted by atomic mass is 10.2. The number of carbonyl (C=O) groups is 1. The number of amides is 1. The number of benzene rings is 2. The number of carbonyl (C=O) groups excluding carboxylic acids is 1. The Kier molecular flexibility index (Phi) is 4.79. The third kappa shape index (κ3) is 3.25. The molecule has 0 unspecified atom stereocenters. The minimum Gasteiger partial charge on any atom is -0.494 e. The summed E-state index contributed by atoms with van der Waals surface area (Å²) in [6.07, 6.45) is 0.965. The number of anilines is 1. The fourth-order valence-electron chi connectivity index (χ4n) is 2.66. The second-order valence-electron chi connectivity index (χ2n) is 5.49. The van der Waals surface area contributed by atoms with Gasteiger partial charge in [0.2, 0.25) is 5.95 Å². The van der Waals surface area contributed by atoms with Gasteiger partial charge in [-0.05, 0) is 49.7 Å². The van der Waals surface area contributed by atoms with E-state index < -0.39 is 0 Å². The molecule has 0 aliphatic heterocycles. The van der Waals surface area contributed by atoms with Crippen LogP contribution in [0.15, 0.2) is 48.5 Å². The van der Waals surface area contributed by atoms with E-state index in [0.29, 0.717) is 18.1 Å². The molecule has 0 saturated carbocycles. The van der Waals surface area contributed by atoms with E-state index in [4.69, 9.17) is 4.74 Å². The van der Waals surface area contributed by atoms with E-state index >= 15 is 0 Å². The molecule has 0 atom stereocenters. The number of hydrogen-bond acceptors (Lipinski definition) is 3. The van der Waals surface area contributed by atoms with Gasteiger partial charge in [0.1, 0.15) is 5.75 Å². The first-order valence-corrected chi connectivity index (χ1v) is 8.22. The highest BCUT2D eigenvalue weighted by Crippen LogP contribution is 2.21. The zero-order chi connectivity index (χ0) is 16.9. The van der Waals surface area contributed by atoms with Gasteiger partial charge in [0.05, 0.1) is 17.6 Å². The molecule has 0 saturated heterocycles. The molecular weight excluding hydrogens is 302 g/mol. The summed E-state index contributed by atoms with van der Waals surface area (Å²) in [6.45, 7) is 5.44. The minimum absolute atomic E-state index is 0.175. The number of ether oxygens (including phenoxy) is 1. The summed E-state index contributed by atoms with van der Waals surface area (Å²) in [6, 6.07) is 15.0. The number of aryl methyl sites for hydroxylation is 1. The molecule has 5 nitrogen and oxygen atoms in total. The van der Waals surface area contributed by atoms with Crippen molar-refractivity contribution in [1.29, 1.82) is 0 Å². The molecule has 0 radical (unpaired) electrons. The van der Waals surface area contributed by atoms with E-state index in [1.54, 1.807) is 24.3 Å². The number of nitrogens with zero attached hydrogens (tertiary/aromatic N) is 2. The summed E-state index contributed by atoms with van der Waals surface area (Å²) in [5, 5.41) is 2.92. The van der Waals surface area contributed by atoms with Crippen LogP contribution in [0.1, 0.15) is 30.6 Å². The van der Waals surface area contributed by atoms with Crippen molar-refractivity contribution in [2.45, 2.75) is 26.8 Å². The van der Waals surface area contributed by atoms with Gasteiger partial charge >= 0.3 is 0 Å². The Balaban J connectivity index is 1.85. The van der Waals surface area contributed by atoms with Crippen molar-refractivity contribution in [2.24, 2.45) is 0 Å². The summed E-state index contributed by atoms with van der Waals surface area (Å²) in [5.74, 6) is 1.16. The molecule has 3 rings (SSSR count). The van der Waals surface area contributed by atoms with Crippen molar-refractivity contribution in [3.05, 3.63) is 54.1 Å². The maximum absolute atomic E-state index is 12.5. The molecule has 1 aromatic heterocycles. The van der Waals surface area contributed by atoms with Gasteiger partial charge in [-0.3, -0.25) is 10.1 Å². The fourth-order valence-corrected chi connectivity index (χ4v) is 2.66. The molecule has 1 amide bonds. The largest absolute Gasteiger partial charge is 0.494 e. The monoisotopic (exact) mass is 323 g/mol. The highest BCUT2D eigenvalue weighted by molar-refractivity contribution is 6.04. The van der Waals surface area contributed by atoms with Gasteiger partial charge in [0, 0.05) is 12.1 Å². The average molecular weight is 323 g/mol. The topological polar surface area (TPSA) is 56.2 Å². The predicted molar refractivity (Wildman–Crippen MR) is 95.6 cm³/mol. The van der Waals surface area contributed by atoms with Crippen molar-refractivity contribution < 1.29 is 9.53 Å². The van der Waals surface area contributed by atoms with Crippen LogP contribution in [0, 0.1) is 0 Å². The highest BCUT2D eigenvalue weighted by atomic mass is 16.5. The number of rotatable bonds is 6.